The molecule has 0 radical (unpaired) electrons. The smallest absolute Gasteiger partial charge is 0.322 e. The maximum atomic E-state index is 12.7. The first-order valence-corrected chi connectivity index (χ1v) is 10.5. The van der Waals surface area contributed by atoms with Gasteiger partial charge in [-0.25, -0.2) is 0 Å². The minimum absolute atomic E-state index is 0.0967. The van der Waals surface area contributed by atoms with E-state index in [4.69, 9.17) is 13.9 Å². The Labute approximate surface area is 189 Å². The van der Waals surface area contributed by atoms with Crippen molar-refractivity contribution in [1.82, 2.24) is 10.2 Å². The second-order valence-electron chi connectivity index (χ2n) is 7.07. The van der Waals surface area contributed by atoms with Crippen molar-refractivity contribution < 1.29 is 28.3 Å². The number of nitrogens with zero attached hydrogens (tertiary/aromatic N) is 3. The van der Waals surface area contributed by atoms with Crippen molar-refractivity contribution >= 4 is 29.4 Å². The third-order valence-corrected chi connectivity index (χ3v) is 4.85. The fourth-order valence-electron chi connectivity index (χ4n) is 3.39. The Kier molecular flexibility index (Phi) is 6.34. The third-order valence-electron chi connectivity index (χ3n) is 4.85. The van der Waals surface area contributed by atoms with Gasteiger partial charge in [0, 0.05) is 24.0 Å². The zero-order valence-corrected chi connectivity index (χ0v) is 18.2. The molecule has 3 amide bonds. The van der Waals surface area contributed by atoms with Crippen molar-refractivity contribution in [3.63, 3.8) is 0 Å². The Morgan fingerprint density at radius 2 is 1.73 bits per heavy atom. The van der Waals surface area contributed by atoms with E-state index in [1.165, 1.54) is 6.07 Å². The highest BCUT2D eigenvalue weighted by Crippen LogP contribution is 2.33. The fourth-order valence-corrected chi connectivity index (χ4v) is 3.39. The number of aromatic nitrogens is 2. The molecular weight excluding hydrogens is 428 g/mol. The lowest BCUT2D eigenvalue weighted by Crippen LogP contribution is -2.28. The second kappa shape index (κ2) is 9.51. The van der Waals surface area contributed by atoms with Crippen LogP contribution < -0.4 is 19.7 Å². The molecule has 2 aromatic carbocycles. The first kappa shape index (κ1) is 22.0. The van der Waals surface area contributed by atoms with E-state index in [-0.39, 0.29) is 42.1 Å². The number of amides is 3. The van der Waals surface area contributed by atoms with E-state index in [2.05, 4.69) is 15.5 Å². The van der Waals surface area contributed by atoms with Crippen LogP contribution >= 0.6 is 0 Å². The number of nitrogens with one attached hydrogen (secondary N) is 1. The summed E-state index contributed by atoms with van der Waals surface area (Å²) >= 11 is 0. The van der Waals surface area contributed by atoms with Gasteiger partial charge < -0.3 is 13.9 Å². The van der Waals surface area contributed by atoms with Crippen LogP contribution in [0.15, 0.2) is 46.9 Å². The van der Waals surface area contributed by atoms with Crippen LogP contribution in [0.5, 0.6) is 11.5 Å². The fraction of sp³-hybridized carbons (Fsp3) is 0.261. The molecule has 1 N–H and O–H groups in total. The van der Waals surface area contributed by atoms with E-state index in [0.29, 0.717) is 36.0 Å². The van der Waals surface area contributed by atoms with Gasteiger partial charge in [0.1, 0.15) is 0 Å². The van der Waals surface area contributed by atoms with Crippen LogP contribution in [-0.4, -0.2) is 41.1 Å². The van der Waals surface area contributed by atoms with Gasteiger partial charge in [0.2, 0.25) is 17.7 Å². The third kappa shape index (κ3) is 4.69. The summed E-state index contributed by atoms with van der Waals surface area (Å²) in [5.74, 6) is 0.236. The molecule has 2 heterocycles. The quantitative estimate of drug-likeness (QED) is 0.518. The summed E-state index contributed by atoms with van der Waals surface area (Å²) in [6.45, 7) is 4.71. The molecule has 0 aliphatic carbocycles. The van der Waals surface area contributed by atoms with E-state index >= 15 is 0 Å². The Hall–Kier alpha value is -4.21. The van der Waals surface area contributed by atoms with Crippen molar-refractivity contribution in [3.8, 4) is 23.0 Å². The number of anilines is 2. The lowest BCUT2D eigenvalue weighted by Gasteiger charge is -2.14. The summed E-state index contributed by atoms with van der Waals surface area (Å²) in [5.41, 5.74) is 1.18. The van der Waals surface area contributed by atoms with Crippen LogP contribution in [0.1, 0.15) is 37.0 Å². The average Bonchev–Trinajstić information content (AvgIpc) is 3.41. The summed E-state index contributed by atoms with van der Waals surface area (Å²) in [4.78, 5) is 37.7. The normalized spacial score (nSPS) is 13.3. The van der Waals surface area contributed by atoms with E-state index in [9.17, 15) is 14.4 Å². The Morgan fingerprint density at radius 3 is 2.45 bits per heavy atom. The van der Waals surface area contributed by atoms with Crippen LogP contribution in [0.2, 0.25) is 0 Å². The van der Waals surface area contributed by atoms with Crippen molar-refractivity contribution in [2.24, 2.45) is 0 Å². The monoisotopic (exact) mass is 450 g/mol. The molecular formula is C23H22N4O6. The molecule has 1 saturated heterocycles. The predicted molar refractivity (Wildman–Crippen MR) is 118 cm³/mol. The summed E-state index contributed by atoms with van der Waals surface area (Å²) < 4.78 is 16.8. The number of benzene rings is 2. The van der Waals surface area contributed by atoms with Gasteiger partial charge in [0.15, 0.2) is 11.5 Å². The maximum Gasteiger partial charge on any atom is 0.322 e. The van der Waals surface area contributed by atoms with Crippen LogP contribution in [0.3, 0.4) is 0 Å². The number of hydrogen-bond acceptors (Lipinski definition) is 8. The molecule has 170 valence electrons. The number of carbonyl (C=O) groups is 3. The zero-order chi connectivity index (χ0) is 23.4. The molecule has 10 heteroatoms. The van der Waals surface area contributed by atoms with Gasteiger partial charge in [-0.3, -0.25) is 24.6 Å². The molecule has 0 spiro atoms. The van der Waals surface area contributed by atoms with Gasteiger partial charge >= 0.3 is 6.01 Å². The second-order valence-corrected chi connectivity index (χ2v) is 7.07. The number of hydrogen-bond donors (Lipinski definition) is 1. The molecule has 33 heavy (non-hydrogen) atoms. The predicted octanol–water partition coefficient (Wildman–Crippen LogP) is 3.44. The van der Waals surface area contributed by atoms with Crippen molar-refractivity contribution in [1.29, 1.82) is 0 Å². The van der Waals surface area contributed by atoms with E-state index in [1.54, 1.807) is 36.4 Å². The Morgan fingerprint density at radius 1 is 1.00 bits per heavy atom. The van der Waals surface area contributed by atoms with Crippen LogP contribution in [0.4, 0.5) is 11.7 Å². The van der Waals surface area contributed by atoms with Crippen molar-refractivity contribution in [2.75, 3.05) is 23.4 Å². The van der Waals surface area contributed by atoms with Crippen LogP contribution in [0.25, 0.3) is 11.5 Å². The Balaban J connectivity index is 1.51. The largest absolute Gasteiger partial charge is 0.490 e. The first-order chi connectivity index (χ1) is 16.0. The summed E-state index contributed by atoms with van der Waals surface area (Å²) in [5, 5.41) is 10.4. The Bertz CT molecular complexity index is 1190. The topological polar surface area (TPSA) is 124 Å². The van der Waals surface area contributed by atoms with Gasteiger partial charge in [-0.1, -0.05) is 11.2 Å². The molecule has 0 bridgehead atoms. The highest BCUT2D eigenvalue weighted by molar-refractivity contribution is 6.20. The van der Waals surface area contributed by atoms with E-state index < -0.39 is 5.91 Å². The van der Waals surface area contributed by atoms with Gasteiger partial charge in [0.25, 0.3) is 5.91 Å². The highest BCUT2D eigenvalue weighted by Gasteiger charge is 2.30. The number of imide groups is 1. The highest BCUT2D eigenvalue weighted by atomic mass is 16.5. The molecule has 1 fully saturated rings. The molecule has 0 atom stereocenters. The standard InChI is InChI=1S/C23H22N4O6/c1-3-31-17-9-8-15(13-18(17)32-4-2)22-25-26-23(33-22)24-21(30)14-6-5-7-16(12-14)27-19(28)10-11-20(27)29/h5-9,12-13H,3-4,10-11H2,1-2H3,(H,24,26,30). The van der Waals surface area contributed by atoms with Crippen LogP contribution in [0, 0.1) is 0 Å². The summed E-state index contributed by atoms with van der Waals surface area (Å²) in [6.07, 6.45) is 0.327. The molecule has 1 aliphatic heterocycles. The average molecular weight is 450 g/mol. The minimum atomic E-state index is -0.521. The number of carbonyl (C=O) groups excluding carboxylic acids is 3. The van der Waals surface area contributed by atoms with Gasteiger partial charge in [-0.05, 0) is 50.2 Å². The summed E-state index contributed by atoms with van der Waals surface area (Å²) in [6, 6.07) is 11.3. The van der Waals surface area contributed by atoms with Crippen molar-refractivity contribution in [2.45, 2.75) is 26.7 Å². The van der Waals surface area contributed by atoms with Crippen LogP contribution in [-0.2, 0) is 9.59 Å². The van der Waals surface area contributed by atoms with Crippen molar-refractivity contribution in [3.05, 3.63) is 48.0 Å². The van der Waals surface area contributed by atoms with Gasteiger partial charge in [0.05, 0.1) is 18.9 Å². The number of rotatable bonds is 8. The molecule has 10 nitrogen and oxygen atoms in total. The molecule has 3 aromatic rings. The maximum absolute atomic E-state index is 12.7. The van der Waals surface area contributed by atoms with Gasteiger partial charge in [-0.15, -0.1) is 5.10 Å². The van der Waals surface area contributed by atoms with E-state index in [1.807, 2.05) is 13.8 Å². The lowest BCUT2D eigenvalue weighted by molar-refractivity contribution is -0.121. The number of ether oxygens (including phenoxy) is 2. The SMILES string of the molecule is CCOc1ccc(-c2nnc(NC(=O)c3cccc(N4C(=O)CCC4=O)c3)o2)cc1OCC. The molecule has 0 unspecified atom stereocenters. The molecule has 0 saturated carbocycles. The molecule has 1 aliphatic rings. The zero-order valence-electron chi connectivity index (χ0n) is 18.2. The first-order valence-electron chi connectivity index (χ1n) is 10.5. The summed E-state index contributed by atoms with van der Waals surface area (Å²) in [7, 11) is 0. The minimum Gasteiger partial charge on any atom is -0.490 e. The van der Waals surface area contributed by atoms with E-state index in [0.717, 1.165) is 4.90 Å². The van der Waals surface area contributed by atoms with Gasteiger partial charge in [-0.2, -0.15) is 0 Å². The lowest BCUT2D eigenvalue weighted by atomic mass is 10.2. The molecule has 4 rings (SSSR count). The molecule has 1 aromatic heterocycles.